The number of carbonyl (C=O) groups is 1. The molecule has 1 N–H and O–H groups in total. The predicted molar refractivity (Wildman–Crippen MR) is 130 cm³/mol. The highest BCUT2D eigenvalue weighted by molar-refractivity contribution is 7.21. The molecule has 0 atom stereocenters. The number of benzene rings is 2. The summed E-state index contributed by atoms with van der Waals surface area (Å²) in [6.45, 7) is 2.60. The molecule has 0 aliphatic heterocycles. The summed E-state index contributed by atoms with van der Waals surface area (Å²) in [7, 11) is 0. The normalized spacial score (nSPS) is 11.3. The molecular formula is C24H19ClN4O3S. The zero-order chi connectivity index (χ0) is 22.9. The van der Waals surface area contributed by atoms with E-state index in [9.17, 15) is 9.59 Å². The Balaban J connectivity index is 1.42. The highest BCUT2D eigenvalue weighted by Gasteiger charge is 2.21. The lowest BCUT2D eigenvalue weighted by molar-refractivity contribution is 0.0707. The van der Waals surface area contributed by atoms with Gasteiger partial charge in [-0.15, -0.1) is 11.3 Å². The molecule has 0 saturated carbocycles. The molecule has 1 amide bonds. The largest absolute Gasteiger partial charge is 0.448 e. The van der Waals surface area contributed by atoms with E-state index in [1.54, 1.807) is 35.2 Å². The first-order chi connectivity index (χ1) is 16.0. The highest BCUT2D eigenvalue weighted by Crippen LogP contribution is 2.31. The lowest BCUT2D eigenvalue weighted by Gasteiger charge is -2.20. The number of aromatic amines is 1. The second-order valence-electron chi connectivity index (χ2n) is 7.55. The van der Waals surface area contributed by atoms with Crippen LogP contribution in [0, 0.1) is 0 Å². The first-order valence-electron chi connectivity index (χ1n) is 10.5. The Morgan fingerprint density at radius 3 is 2.79 bits per heavy atom. The molecule has 166 valence electrons. The summed E-state index contributed by atoms with van der Waals surface area (Å²) in [5.74, 6) is 0.860. The Bertz CT molecular complexity index is 1500. The standard InChI is InChI=1S/C24H19ClN4O3S/c1-2-11-29(13-21-26-17-12-14(25)7-8-15(17)22(30)28-21)24(31)19-10-9-18(32-19)23-27-16-5-3-4-6-20(16)33-23/h3-10,12H,2,11,13H2,1H3,(H,26,28,30). The van der Waals surface area contributed by atoms with Gasteiger partial charge in [-0.25, -0.2) is 9.97 Å². The molecule has 0 fully saturated rings. The summed E-state index contributed by atoms with van der Waals surface area (Å²) >= 11 is 7.56. The van der Waals surface area contributed by atoms with E-state index in [2.05, 4.69) is 15.0 Å². The molecule has 2 aromatic carbocycles. The van der Waals surface area contributed by atoms with Crippen LogP contribution < -0.4 is 5.56 Å². The van der Waals surface area contributed by atoms with Crippen molar-refractivity contribution in [3.63, 3.8) is 0 Å². The molecule has 0 spiro atoms. The monoisotopic (exact) mass is 478 g/mol. The number of furan rings is 1. The first kappa shape index (κ1) is 21.4. The third kappa shape index (κ3) is 4.27. The summed E-state index contributed by atoms with van der Waals surface area (Å²) in [6.07, 6.45) is 0.737. The minimum atomic E-state index is -0.280. The average molecular weight is 479 g/mol. The van der Waals surface area contributed by atoms with Gasteiger partial charge < -0.3 is 14.3 Å². The fourth-order valence-corrected chi connectivity index (χ4v) is 4.73. The zero-order valence-corrected chi connectivity index (χ0v) is 19.2. The molecule has 3 aromatic heterocycles. The maximum Gasteiger partial charge on any atom is 0.289 e. The summed E-state index contributed by atoms with van der Waals surface area (Å²) < 4.78 is 6.93. The number of aromatic nitrogens is 3. The molecule has 0 aliphatic rings. The van der Waals surface area contributed by atoms with Gasteiger partial charge in [0.05, 0.1) is 27.7 Å². The number of fused-ring (bicyclic) bond motifs is 2. The molecule has 5 aromatic rings. The number of carbonyl (C=O) groups excluding carboxylic acids is 1. The van der Waals surface area contributed by atoms with Gasteiger partial charge in [-0.2, -0.15) is 0 Å². The Morgan fingerprint density at radius 1 is 1.12 bits per heavy atom. The van der Waals surface area contributed by atoms with Crippen LogP contribution in [0.4, 0.5) is 0 Å². The SMILES string of the molecule is CCCN(Cc1nc2cc(Cl)ccc2c(=O)[nH]1)C(=O)c1ccc(-c2nc3ccccc3s2)o1. The number of hydrogen-bond donors (Lipinski definition) is 1. The van der Waals surface area contributed by atoms with Crippen molar-refractivity contribution in [1.29, 1.82) is 0 Å². The van der Waals surface area contributed by atoms with Crippen LogP contribution in [0.3, 0.4) is 0 Å². The van der Waals surface area contributed by atoms with E-state index < -0.39 is 0 Å². The van der Waals surface area contributed by atoms with E-state index in [0.717, 1.165) is 21.6 Å². The van der Waals surface area contributed by atoms with Crippen LogP contribution in [0.15, 0.2) is 63.8 Å². The van der Waals surface area contributed by atoms with Crippen LogP contribution in [0.1, 0.15) is 29.7 Å². The highest BCUT2D eigenvalue weighted by atomic mass is 35.5. The van der Waals surface area contributed by atoms with Gasteiger partial charge >= 0.3 is 0 Å². The molecule has 7 nitrogen and oxygen atoms in total. The smallest absolute Gasteiger partial charge is 0.289 e. The van der Waals surface area contributed by atoms with Gasteiger partial charge in [-0.3, -0.25) is 9.59 Å². The number of para-hydroxylation sites is 1. The lowest BCUT2D eigenvalue weighted by Crippen LogP contribution is -2.32. The van der Waals surface area contributed by atoms with Crippen LogP contribution in [-0.2, 0) is 6.54 Å². The minimum Gasteiger partial charge on any atom is -0.448 e. The van der Waals surface area contributed by atoms with Gasteiger partial charge in [0.15, 0.2) is 16.5 Å². The zero-order valence-electron chi connectivity index (χ0n) is 17.7. The van der Waals surface area contributed by atoms with E-state index in [1.165, 1.54) is 11.3 Å². The van der Waals surface area contributed by atoms with E-state index in [1.807, 2.05) is 31.2 Å². The Hall–Kier alpha value is -3.49. The number of rotatable bonds is 6. The Kier molecular flexibility index (Phi) is 5.70. The lowest BCUT2D eigenvalue weighted by atomic mass is 10.2. The van der Waals surface area contributed by atoms with Crippen molar-refractivity contribution >= 4 is 50.0 Å². The average Bonchev–Trinajstić information content (AvgIpc) is 3.45. The molecule has 0 unspecified atom stereocenters. The molecule has 0 aliphatic carbocycles. The quantitative estimate of drug-likeness (QED) is 0.348. The number of amides is 1. The minimum absolute atomic E-state index is 0.140. The Morgan fingerprint density at radius 2 is 1.97 bits per heavy atom. The predicted octanol–water partition coefficient (Wildman–Crippen LogP) is 5.50. The van der Waals surface area contributed by atoms with Crippen LogP contribution in [0.5, 0.6) is 0 Å². The van der Waals surface area contributed by atoms with E-state index in [-0.39, 0.29) is 23.8 Å². The number of hydrogen-bond acceptors (Lipinski definition) is 6. The first-order valence-corrected chi connectivity index (χ1v) is 11.6. The number of nitrogens with zero attached hydrogens (tertiary/aromatic N) is 3. The second-order valence-corrected chi connectivity index (χ2v) is 9.02. The molecule has 3 heterocycles. The van der Waals surface area contributed by atoms with Crippen LogP contribution >= 0.6 is 22.9 Å². The van der Waals surface area contributed by atoms with Crippen molar-refractivity contribution in [2.75, 3.05) is 6.54 Å². The van der Waals surface area contributed by atoms with Crippen LogP contribution in [-0.4, -0.2) is 32.3 Å². The molecule has 5 rings (SSSR count). The van der Waals surface area contributed by atoms with Gasteiger partial charge in [0.1, 0.15) is 5.82 Å². The fourth-order valence-electron chi connectivity index (χ4n) is 3.64. The van der Waals surface area contributed by atoms with Crippen molar-refractivity contribution in [2.24, 2.45) is 0 Å². The molecular weight excluding hydrogens is 460 g/mol. The topological polar surface area (TPSA) is 92.1 Å². The van der Waals surface area contributed by atoms with Gasteiger partial charge in [0.2, 0.25) is 0 Å². The second kappa shape index (κ2) is 8.80. The van der Waals surface area contributed by atoms with Crippen molar-refractivity contribution in [2.45, 2.75) is 19.9 Å². The third-order valence-corrected chi connectivity index (χ3v) is 6.45. The summed E-state index contributed by atoms with van der Waals surface area (Å²) in [5, 5.41) is 1.66. The number of nitrogens with one attached hydrogen (secondary N) is 1. The molecule has 9 heteroatoms. The van der Waals surface area contributed by atoms with Gasteiger partial charge in [-0.1, -0.05) is 30.7 Å². The van der Waals surface area contributed by atoms with E-state index in [0.29, 0.717) is 34.1 Å². The number of halogens is 1. The summed E-state index contributed by atoms with van der Waals surface area (Å²) in [5.41, 5.74) is 1.11. The molecule has 0 saturated heterocycles. The van der Waals surface area contributed by atoms with Gasteiger partial charge in [0, 0.05) is 11.6 Å². The van der Waals surface area contributed by atoms with Crippen molar-refractivity contribution in [1.82, 2.24) is 19.9 Å². The van der Waals surface area contributed by atoms with Gasteiger partial charge in [0.25, 0.3) is 11.5 Å². The van der Waals surface area contributed by atoms with E-state index >= 15 is 0 Å². The number of H-pyrrole nitrogens is 1. The molecule has 33 heavy (non-hydrogen) atoms. The number of thiazole rings is 1. The van der Waals surface area contributed by atoms with Gasteiger partial charge in [-0.05, 0) is 48.9 Å². The fraction of sp³-hybridized carbons (Fsp3) is 0.167. The Labute approximate surface area is 197 Å². The maximum atomic E-state index is 13.2. The third-order valence-electron chi connectivity index (χ3n) is 5.16. The summed E-state index contributed by atoms with van der Waals surface area (Å²) in [4.78, 5) is 39.2. The van der Waals surface area contributed by atoms with Crippen molar-refractivity contribution < 1.29 is 9.21 Å². The maximum absolute atomic E-state index is 13.2. The van der Waals surface area contributed by atoms with Crippen LogP contribution in [0.2, 0.25) is 5.02 Å². The van der Waals surface area contributed by atoms with E-state index in [4.69, 9.17) is 16.0 Å². The molecule has 0 bridgehead atoms. The van der Waals surface area contributed by atoms with Crippen molar-refractivity contribution in [3.8, 4) is 10.8 Å². The summed E-state index contributed by atoms with van der Waals surface area (Å²) in [6, 6.07) is 16.2. The van der Waals surface area contributed by atoms with Crippen LogP contribution in [0.25, 0.3) is 31.9 Å². The van der Waals surface area contributed by atoms with Crippen molar-refractivity contribution in [3.05, 3.63) is 81.6 Å². The molecule has 0 radical (unpaired) electrons.